The summed E-state index contributed by atoms with van der Waals surface area (Å²) in [4.78, 5) is 22.6. The molecule has 0 saturated carbocycles. The summed E-state index contributed by atoms with van der Waals surface area (Å²) in [5.41, 5.74) is 0.173. The molecule has 6 heteroatoms. The molecule has 0 unspecified atom stereocenters. The van der Waals surface area contributed by atoms with Gasteiger partial charge in [-0.25, -0.2) is 9.59 Å². The summed E-state index contributed by atoms with van der Waals surface area (Å²) in [5.74, 6) is -1.89. The van der Waals surface area contributed by atoms with Crippen molar-refractivity contribution in [1.29, 1.82) is 0 Å². The van der Waals surface area contributed by atoms with Crippen molar-refractivity contribution in [2.75, 3.05) is 13.2 Å². The largest absolute Gasteiger partial charge is 0.508 e. The Morgan fingerprint density at radius 3 is 2.42 bits per heavy atom. The van der Waals surface area contributed by atoms with Crippen molar-refractivity contribution in [1.82, 2.24) is 0 Å². The Labute approximate surface area is 109 Å². The predicted molar refractivity (Wildman–Crippen MR) is 65.8 cm³/mol. The zero-order valence-corrected chi connectivity index (χ0v) is 10.4. The number of phenols is 2. The first-order valence-electron chi connectivity index (χ1n) is 5.43. The Morgan fingerprint density at radius 2 is 1.84 bits per heavy atom. The SMILES string of the molecule is C=C(C)C(=O)OCCOC(=O)c1ccc(O)cc1O. The number of hydrogen-bond donors (Lipinski definition) is 2. The van der Waals surface area contributed by atoms with Crippen molar-refractivity contribution in [3.8, 4) is 11.5 Å². The van der Waals surface area contributed by atoms with E-state index in [1.54, 1.807) is 0 Å². The Balaban J connectivity index is 2.43. The molecule has 1 aromatic carbocycles. The average Bonchev–Trinajstić information content (AvgIpc) is 2.33. The van der Waals surface area contributed by atoms with Gasteiger partial charge in [0.1, 0.15) is 30.3 Å². The van der Waals surface area contributed by atoms with Crippen LogP contribution in [0.5, 0.6) is 11.5 Å². The molecule has 0 fully saturated rings. The van der Waals surface area contributed by atoms with Gasteiger partial charge in [0, 0.05) is 11.6 Å². The molecule has 1 rings (SSSR count). The van der Waals surface area contributed by atoms with Crippen LogP contribution in [0.25, 0.3) is 0 Å². The maximum atomic E-state index is 11.5. The molecule has 0 radical (unpaired) electrons. The zero-order chi connectivity index (χ0) is 14.4. The number of hydrogen-bond acceptors (Lipinski definition) is 6. The number of esters is 2. The Bertz CT molecular complexity index is 506. The molecule has 19 heavy (non-hydrogen) atoms. The molecule has 0 bridgehead atoms. The molecule has 0 saturated heterocycles. The molecular formula is C13H14O6. The van der Waals surface area contributed by atoms with Crippen LogP contribution in [-0.2, 0) is 14.3 Å². The summed E-state index contributed by atoms with van der Waals surface area (Å²) < 4.78 is 9.51. The third kappa shape index (κ3) is 4.34. The van der Waals surface area contributed by atoms with Crippen molar-refractivity contribution in [3.05, 3.63) is 35.9 Å². The van der Waals surface area contributed by atoms with Gasteiger partial charge in [0.05, 0.1) is 0 Å². The van der Waals surface area contributed by atoms with Gasteiger partial charge in [-0.3, -0.25) is 0 Å². The van der Waals surface area contributed by atoms with Gasteiger partial charge in [-0.1, -0.05) is 6.58 Å². The normalized spacial score (nSPS) is 9.74. The second-order valence-corrected chi connectivity index (χ2v) is 3.75. The summed E-state index contributed by atoms with van der Waals surface area (Å²) >= 11 is 0. The van der Waals surface area contributed by atoms with Crippen LogP contribution in [0.2, 0.25) is 0 Å². The number of ether oxygens (including phenoxy) is 2. The fourth-order valence-corrected chi connectivity index (χ4v) is 1.16. The Morgan fingerprint density at radius 1 is 1.21 bits per heavy atom. The van der Waals surface area contributed by atoms with Crippen molar-refractivity contribution in [3.63, 3.8) is 0 Å². The lowest BCUT2D eigenvalue weighted by atomic mass is 10.2. The highest BCUT2D eigenvalue weighted by Gasteiger charge is 2.13. The van der Waals surface area contributed by atoms with Gasteiger partial charge in [0.2, 0.25) is 0 Å². The molecular weight excluding hydrogens is 252 g/mol. The number of carbonyl (C=O) groups is 2. The molecule has 0 aliphatic rings. The smallest absolute Gasteiger partial charge is 0.342 e. The fourth-order valence-electron chi connectivity index (χ4n) is 1.16. The minimum absolute atomic E-state index is 0.0796. The van der Waals surface area contributed by atoms with Gasteiger partial charge in [0.25, 0.3) is 0 Å². The Hall–Kier alpha value is -2.50. The topological polar surface area (TPSA) is 93.1 Å². The van der Waals surface area contributed by atoms with Crippen LogP contribution in [0.3, 0.4) is 0 Å². The zero-order valence-electron chi connectivity index (χ0n) is 10.4. The van der Waals surface area contributed by atoms with E-state index in [0.717, 1.165) is 6.07 Å². The second kappa shape index (κ2) is 6.44. The van der Waals surface area contributed by atoms with E-state index in [1.807, 2.05) is 0 Å². The molecule has 1 aromatic rings. The third-order valence-corrected chi connectivity index (χ3v) is 2.10. The quantitative estimate of drug-likeness (QED) is 0.475. The van der Waals surface area contributed by atoms with Crippen LogP contribution >= 0.6 is 0 Å². The molecule has 0 heterocycles. The summed E-state index contributed by atoms with van der Waals surface area (Å²) in [5, 5.41) is 18.5. The number of rotatable bonds is 5. The summed E-state index contributed by atoms with van der Waals surface area (Å²) in [6, 6.07) is 3.50. The van der Waals surface area contributed by atoms with E-state index in [2.05, 4.69) is 6.58 Å². The van der Waals surface area contributed by atoms with E-state index in [-0.39, 0.29) is 35.8 Å². The highest BCUT2D eigenvalue weighted by molar-refractivity contribution is 5.92. The molecule has 0 atom stereocenters. The average molecular weight is 266 g/mol. The Kier molecular flexibility index (Phi) is 4.93. The van der Waals surface area contributed by atoms with Gasteiger partial charge in [-0.05, 0) is 19.1 Å². The van der Waals surface area contributed by atoms with Gasteiger partial charge < -0.3 is 19.7 Å². The summed E-state index contributed by atoms with van der Waals surface area (Å²) in [6.45, 7) is 4.66. The van der Waals surface area contributed by atoms with Crippen molar-refractivity contribution in [2.24, 2.45) is 0 Å². The number of phenolic OH excluding ortho intramolecular Hbond substituents is 2. The standard InChI is InChI=1S/C13H14O6/c1-8(2)12(16)18-5-6-19-13(17)10-4-3-9(14)7-11(10)15/h3-4,7,14-15H,1,5-6H2,2H3. The van der Waals surface area contributed by atoms with Gasteiger partial charge in [0.15, 0.2) is 0 Å². The number of aromatic hydroxyl groups is 2. The molecule has 102 valence electrons. The maximum absolute atomic E-state index is 11.5. The first-order chi connectivity index (χ1) is 8.91. The maximum Gasteiger partial charge on any atom is 0.342 e. The lowest BCUT2D eigenvalue weighted by molar-refractivity contribution is -0.140. The van der Waals surface area contributed by atoms with Crippen LogP contribution in [0, 0.1) is 0 Å². The summed E-state index contributed by atoms with van der Waals surface area (Å²) in [6.07, 6.45) is 0. The lowest BCUT2D eigenvalue weighted by Crippen LogP contribution is -2.14. The monoisotopic (exact) mass is 266 g/mol. The predicted octanol–water partition coefficient (Wildman–Crippen LogP) is 1.37. The molecule has 0 aliphatic heterocycles. The molecule has 2 N–H and O–H groups in total. The second-order valence-electron chi connectivity index (χ2n) is 3.75. The molecule has 0 spiro atoms. The van der Waals surface area contributed by atoms with Crippen LogP contribution in [0.15, 0.2) is 30.4 Å². The number of carbonyl (C=O) groups excluding carboxylic acids is 2. The fraction of sp³-hybridized carbons (Fsp3) is 0.231. The first kappa shape index (κ1) is 14.6. The van der Waals surface area contributed by atoms with Crippen LogP contribution in [0.1, 0.15) is 17.3 Å². The van der Waals surface area contributed by atoms with Gasteiger partial charge in [-0.2, -0.15) is 0 Å². The summed E-state index contributed by atoms with van der Waals surface area (Å²) in [7, 11) is 0. The molecule has 6 nitrogen and oxygen atoms in total. The van der Waals surface area contributed by atoms with Crippen LogP contribution in [0.4, 0.5) is 0 Å². The molecule has 0 aromatic heterocycles. The van der Waals surface area contributed by atoms with E-state index in [1.165, 1.54) is 19.1 Å². The van der Waals surface area contributed by atoms with E-state index < -0.39 is 11.9 Å². The van der Waals surface area contributed by atoms with Gasteiger partial charge in [-0.15, -0.1) is 0 Å². The van der Waals surface area contributed by atoms with Crippen LogP contribution < -0.4 is 0 Å². The first-order valence-corrected chi connectivity index (χ1v) is 5.43. The van der Waals surface area contributed by atoms with Crippen molar-refractivity contribution < 1.29 is 29.3 Å². The van der Waals surface area contributed by atoms with E-state index >= 15 is 0 Å². The third-order valence-electron chi connectivity index (χ3n) is 2.10. The minimum Gasteiger partial charge on any atom is -0.508 e. The molecule has 0 amide bonds. The van der Waals surface area contributed by atoms with Crippen LogP contribution in [-0.4, -0.2) is 35.4 Å². The van der Waals surface area contributed by atoms with E-state index in [9.17, 15) is 14.7 Å². The van der Waals surface area contributed by atoms with Gasteiger partial charge >= 0.3 is 11.9 Å². The lowest BCUT2D eigenvalue weighted by Gasteiger charge is -2.07. The van der Waals surface area contributed by atoms with Crippen molar-refractivity contribution in [2.45, 2.75) is 6.92 Å². The molecule has 0 aliphatic carbocycles. The highest BCUT2D eigenvalue weighted by Crippen LogP contribution is 2.22. The number of benzene rings is 1. The minimum atomic E-state index is -0.774. The van der Waals surface area contributed by atoms with E-state index in [4.69, 9.17) is 14.6 Å². The van der Waals surface area contributed by atoms with E-state index in [0.29, 0.717) is 0 Å². The highest BCUT2D eigenvalue weighted by atomic mass is 16.6. The van der Waals surface area contributed by atoms with Crippen molar-refractivity contribution >= 4 is 11.9 Å².